The van der Waals surface area contributed by atoms with Crippen LogP contribution in [0.3, 0.4) is 0 Å². The lowest BCUT2D eigenvalue weighted by atomic mass is 9.97. The smallest absolute Gasteiger partial charge is 0.218 e. The molecule has 3 heteroatoms. The number of hydrogen-bond donors (Lipinski definition) is 0. The SMILES string of the molecule is [2H]C([2H])([2H])c1cc(-c2c(C)nc(C([2H])([2H])[2H])c3c2oc2ccc4cc5ccccc5cc4c23)[n+](C)cc1C([2H])([2H])[2H]. The molecule has 3 heterocycles. The van der Waals surface area contributed by atoms with Crippen molar-refractivity contribution in [2.45, 2.75) is 27.5 Å². The second-order valence-electron chi connectivity index (χ2n) is 8.18. The van der Waals surface area contributed by atoms with Gasteiger partial charge in [0.25, 0.3) is 0 Å². The van der Waals surface area contributed by atoms with E-state index in [2.05, 4.69) is 4.98 Å². The predicted octanol–water partition coefficient (Wildman–Crippen LogP) is 7.01. The molecule has 0 atom stereocenters. The molecule has 6 aromatic rings. The number of benzene rings is 3. The Hall–Kier alpha value is -3.72. The number of aryl methyl sites for hydroxylation is 5. The zero-order valence-electron chi connectivity index (χ0n) is 26.6. The van der Waals surface area contributed by atoms with Gasteiger partial charge in [0.05, 0.1) is 11.1 Å². The van der Waals surface area contributed by atoms with Crippen LogP contribution in [0.2, 0.25) is 0 Å². The maximum atomic E-state index is 8.32. The molecule has 0 aliphatic carbocycles. The van der Waals surface area contributed by atoms with E-state index in [9.17, 15) is 0 Å². The van der Waals surface area contributed by atoms with E-state index < -0.39 is 20.6 Å². The third kappa shape index (κ3) is 2.61. The van der Waals surface area contributed by atoms with Crippen molar-refractivity contribution < 1.29 is 21.3 Å². The molecule has 0 amide bonds. The molecule has 3 aromatic carbocycles. The van der Waals surface area contributed by atoms with Crippen LogP contribution in [-0.2, 0) is 7.05 Å². The summed E-state index contributed by atoms with van der Waals surface area (Å²) in [4.78, 5) is 4.56. The molecule has 0 saturated heterocycles. The van der Waals surface area contributed by atoms with Crippen LogP contribution in [0.4, 0.5) is 0 Å². The molecule has 0 saturated carbocycles. The van der Waals surface area contributed by atoms with Gasteiger partial charge < -0.3 is 4.42 Å². The highest BCUT2D eigenvalue weighted by Gasteiger charge is 2.24. The fraction of sp³-hybridized carbons (Fsp3) is 0.172. The first-order chi connectivity index (χ1) is 19.1. The van der Waals surface area contributed by atoms with Crippen LogP contribution in [0.15, 0.2) is 65.2 Å². The van der Waals surface area contributed by atoms with E-state index in [0.717, 1.165) is 21.5 Å². The summed E-state index contributed by atoms with van der Waals surface area (Å²) in [5.74, 6) is 0. The summed E-state index contributed by atoms with van der Waals surface area (Å²) in [5.41, 5.74) is 1.02. The minimum atomic E-state index is -2.71. The molecular weight excluding hydrogens is 392 g/mol. The van der Waals surface area contributed by atoms with E-state index in [1.807, 2.05) is 42.5 Å². The summed E-state index contributed by atoms with van der Waals surface area (Å²) in [6.07, 6.45) is 1.29. The molecule has 0 radical (unpaired) electrons. The van der Waals surface area contributed by atoms with Gasteiger partial charge in [-0.05, 0) is 72.8 Å². The lowest BCUT2D eigenvalue weighted by Crippen LogP contribution is -2.31. The van der Waals surface area contributed by atoms with E-state index in [-0.39, 0.29) is 22.4 Å². The van der Waals surface area contributed by atoms with E-state index in [4.69, 9.17) is 16.8 Å². The van der Waals surface area contributed by atoms with Crippen molar-refractivity contribution >= 4 is 43.5 Å². The van der Waals surface area contributed by atoms with Gasteiger partial charge in [-0.15, -0.1) is 0 Å². The van der Waals surface area contributed by atoms with E-state index in [1.165, 1.54) is 16.8 Å². The molecule has 0 spiro atoms. The quantitative estimate of drug-likeness (QED) is 0.209. The maximum absolute atomic E-state index is 8.32. The molecule has 0 aliphatic heterocycles. The molecule has 156 valence electrons. The van der Waals surface area contributed by atoms with Crippen molar-refractivity contribution in [3.05, 3.63) is 83.3 Å². The van der Waals surface area contributed by atoms with Crippen molar-refractivity contribution in [1.82, 2.24) is 4.98 Å². The minimum absolute atomic E-state index is 0.119. The van der Waals surface area contributed by atoms with E-state index in [0.29, 0.717) is 33.3 Å². The molecule has 0 aliphatic rings. The highest BCUT2D eigenvalue weighted by atomic mass is 16.3. The Morgan fingerprint density at radius 2 is 1.66 bits per heavy atom. The molecule has 0 N–H and O–H groups in total. The second kappa shape index (κ2) is 6.64. The number of pyridine rings is 2. The van der Waals surface area contributed by atoms with Gasteiger partial charge in [0.15, 0.2) is 11.8 Å². The van der Waals surface area contributed by atoms with Crippen molar-refractivity contribution in [1.29, 1.82) is 0 Å². The van der Waals surface area contributed by atoms with Crippen molar-refractivity contribution in [2.75, 3.05) is 0 Å². The van der Waals surface area contributed by atoms with Crippen LogP contribution in [-0.4, -0.2) is 4.98 Å². The first-order valence-electron chi connectivity index (χ1n) is 14.8. The standard InChI is InChI=1S/C29H25N2O/c1-16-12-24(31(5)15-17(16)2)26-18(3)30-19(4)27-28-23-14-21-9-7-6-8-20(21)13-22(23)10-11-25(28)32-29(26)27/h6-15H,1-5H3/q+1/i1D3,2D3,4D3. The van der Waals surface area contributed by atoms with Crippen LogP contribution in [0.5, 0.6) is 0 Å². The first kappa shape index (κ1) is 11.8. The van der Waals surface area contributed by atoms with Gasteiger partial charge in [-0.2, -0.15) is 0 Å². The fourth-order valence-electron chi connectivity index (χ4n) is 4.66. The minimum Gasteiger partial charge on any atom is -0.455 e. The fourth-order valence-corrected chi connectivity index (χ4v) is 4.66. The largest absolute Gasteiger partial charge is 0.455 e. The van der Waals surface area contributed by atoms with Gasteiger partial charge >= 0.3 is 0 Å². The number of nitrogens with zero attached hydrogens (tertiary/aromatic N) is 2. The lowest BCUT2D eigenvalue weighted by molar-refractivity contribution is -0.660. The Bertz CT molecular complexity index is 2030. The predicted molar refractivity (Wildman–Crippen MR) is 132 cm³/mol. The van der Waals surface area contributed by atoms with Crippen molar-refractivity contribution in [3.8, 4) is 11.3 Å². The topological polar surface area (TPSA) is 29.9 Å². The van der Waals surface area contributed by atoms with Gasteiger partial charge in [0.1, 0.15) is 18.2 Å². The van der Waals surface area contributed by atoms with Gasteiger partial charge in [0, 0.05) is 35.0 Å². The Labute approximate surface area is 199 Å². The number of hydrogen-bond acceptors (Lipinski definition) is 2. The van der Waals surface area contributed by atoms with Crippen LogP contribution in [0.1, 0.15) is 34.9 Å². The number of aromatic nitrogens is 2. The molecule has 0 fully saturated rings. The zero-order chi connectivity index (χ0) is 29.6. The third-order valence-electron chi connectivity index (χ3n) is 6.17. The molecule has 3 aromatic heterocycles. The van der Waals surface area contributed by atoms with E-state index in [1.54, 1.807) is 20.0 Å². The monoisotopic (exact) mass is 426 g/mol. The van der Waals surface area contributed by atoms with Crippen LogP contribution in [0.25, 0.3) is 54.7 Å². The summed E-state index contributed by atoms with van der Waals surface area (Å²) < 4.78 is 80.8. The molecule has 0 bridgehead atoms. The molecule has 3 nitrogen and oxygen atoms in total. The van der Waals surface area contributed by atoms with Gasteiger partial charge in [-0.1, -0.05) is 30.3 Å². The van der Waals surface area contributed by atoms with Gasteiger partial charge in [-0.3, -0.25) is 4.98 Å². The molecular formula is C29H25N2O+. The normalized spacial score (nSPS) is 17.2. The van der Waals surface area contributed by atoms with Gasteiger partial charge in [0.2, 0.25) is 5.69 Å². The molecule has 0 unspecified atom stereocenters. The average molecular weight is 427 g/mol. The van der Waals surface area contributed by atoms with Crippen LogP contribution >= 0.6 is 0 Å². The van der Waals surface area contributed by atoms with Crippen LogP contribution in [0, 0.1) is 27.5 Å². The second-order valence-corrected chi connectivity index (χ2v) is 8.18. The summed E-state index contributed by atoms with van der Waals surface area (Å²) in [5, 5.41) is 4.63. The summed E-state index contributed by atoms with van der Waals surface area (Å²) in [7, 11) is 1.61. The number of fused-ring (bicyclic) bond motifs is 6. The van der Waals surface area contributed by atoms with Crippen LogP contribution < -0.4 is 4.57 Å². The average Bonchev–Trinajstić information content (AvgIpc) is 3.25. The van der Waals surface area contributed by atoms with Crippen molar-refractivity contribution in [2.24, 2.45) is 7.05 Å². The Kier molecular flexibility index (Phi) is 2.44. The molecule has 32 heavy (non-hydrogen) atoms. The highest BCUT2D eigenvalue weighted by molar-refractivity contribution is 6.23. The zero-order valence-corrected chi connectivity index (χ0v) is 17.6. The lowest BCUT2D eigenvalue weighted by Gasteiger charge is -2.09. The Balaban J connectivity index is 1.80. The summed E-state index contributed by atoms with van der Waals surface area (Å²) in [6, 6.07) is 17.0. The Morgan fingerprint density at radius 1 is 0.844 bits per heavy atom. The number of rotatable bonds is 1. The van der Waals surface area contributed by atoms with E-state index >= 15 is 0 Å². The maximum Gasteiger partial charge on any atom is 0.218 e. The van der Waals surface area contributed by atoms with Crippen molar-refractivity contribution in [3.63, 3.8) is 0 Å². The summed E-state index contributed by atoms with van der Waals surface area (Å²) in [6.45, 7) is -6.31. The summed E-state index contributed by atoms with van der Waals surface area (Å²) >= 11 is 0. The number of furan rings is 1. The molecule has 6 rings (SSSR count). The Morgan fingerprint density at radius 3 is 2.44 bits per heavy atom. The third-order valence-corrected chi connectivity index (χ3v) is 6.17. The van der Waals surface area contributed by atoms with Gasteiger partial charge in [-0.25, -0.2) is 4.57 Å². The highest BCUT2D eigenvalue weighted by Crippen LogP contribution is 2.41. The first-order valence-corrected chi connectivity index (χ1v) is 10.3.